The van der Waals surface area contributed by atoms with Crippen molar-refractivity contribution in [3.63, 3.8) is 0 Å². The first-order valence-corrected chi connectivity index (χ1v) is 6.05. The zero-order valence-corrected chi connectivity index (χ0v) is 11.8. The molecule has 0 aliphatic rings. The molecule has 0 saturated carbocycles. The Hall–Kier alpha value is -2.80. The maximum absolute atomic E-state index is 11.1. The van der Waals surface area contributed by atoms with Crippen molar-refractivity contribution in [3.05, 3.63) is 10.1 Å². The molecule has 3 N–H and O–H groups in total. The second kappa shape index (κ2) is 10.0. The van der Waals surface area contributed by atoms with E-state index < -0.39 is 55.1 Å². The van der Waals surface area contributed by atoms with Gasteiger partial charge in [0.2, 0.25) is 0 Å². The summed E-state index contributed by atoms with van der Waals surface area (Å²) >= 11 is 0. The Kier molecular flexibility index (Phi) is 8.80. The average Bonchev–Trinajstić information content (AvgIpc) is 2.32. The predicted octanol–water partition coefficient (Wildman–Crippen LogP) is -2.42. The highest BCUT2D eigenvalue weighted by atomic mass is 17.0. The second-order valence-electron chi connectivity index (χ2n) is 4.29. The Morgan fingerprint density at radius 1 is 0.826 bits per heavy atom. The molecule has 0 aromatic carbocycles. The van der Waals surface area contributed by atoms with Crippen LogP contribution in [0.2, 0.25) is 0 Å². The molecule has 130 valence electrons. The van der Waals surface area contributed by atoms with Crippen molar-refractivity contribution in [1.29, 1.82) is 0 Å². The van der Waals surface area contributed by atoms with Crippen molar-refractivity contribution in [2.75, 3.05) is 39.3 Å². The fraction of sp³-hybridized carbons (Fsp3) is 0.600. The fourth-order valence-electron chi connectivity index (χ4n) is 1.58. The minimum atomic E-state index is -1.34. The van der Waals surface area contributed by atoms with Gasteiger partial charge < -0.3 is 15.3 Å². The number of carboxylic acid groups (broad SMARTS) is 3. The molecule has 0 atom stereocenters. The van der Waals surface area contributed by atoms with E-state index in [2.05, 4.69) is 4.84 Å². The van der Waals surface area contributed by atoms with E-state index in [1.807, 2.05) is 0 Å². The molecule has 0 fully saturated rings. The number of carbonyl (C=O) groups is 4. The second-order valence-corrected chi connectivity index (χ2v) is 4.29. The monoisotopic (exact) mass is 337 g/mol. The zero-order valence-electron chi connectivity index (χ0n) is 11.8. The van der Waals surface area contributed by atoms with Gasteiger partial charge in [-0.1, -0.05) is 0 Å². The molecule has 0 aliphatic carbocycles. The summed E-state index contributed by atoms with van der Waals surface area (Å²) in [6.07, 6.45) is 0. The van der Waals surface area contributed by atoms with E-state index in [0.29, 0.717) is 0 Å². The third-order valence-electron chi connectivity index (χ3n) is 2.34. The number of rotatable bonds is 12. The molecule has 23 heavy (non-hydrogen) atoms. The third-order valence-corrected chi connectivity index (χ3v) is 2.34. The highest BCUT2D eigenvalue weighted by molar-refractivity contribution is 5.74. The summed E-state index contributed by atoms with van der Waals surface area (Å²) in [6, 6.07) is 0. The van der Waals surface area contributed by atoms with Crippen LogP contribution in [0.15, 0.2) is 0 Å². The summed E-state index contributed by atoms with van der Waals surface area (Å²) in [5.74, 6) is -5.21. The van der Waals surface area contributed by atoms with E-state index in [1.54, 1.807) is 0 Å². The molecule has 0 unspecified atom stereocenters. The van der Waals surface area contributed by atoms with Gasteiger partial charge in [0, 0.05) is 13.1 Å². The van der Waals surface area contributed by atoms with E-state index in [9.17, 15) is 29.3 Å². The van der Waals surface area contributed by atoms with Crippen molar-refractivity contribution in [3.8, 4) is 0 Å². The molecule has 0 radical (unpaired) electrons. The lowest BCUT2D eigenvalue weighted by Crippen LogP contribution is -2.43. The van der Waals surface area contributed by atoms with Gasteiger partial charge in [0.1, 0.15) is 0 Å². The molecule has 0 rings (SSSR count). The maximum Gasteiger partial charge on any atom is 0.317 e. The standard InChI is InChI=1S/C10H15N3O10/c14-7(15)3-11(4-8(16)17)1-2-12(5-9(18)19)6-10(20)23-13(21)22/h1-6H2,(H,14,15)(H,16,17)(H,18,19). The lowest BCUT2D eigenvalue weighted by molar-refractivity contribution is -0.729. The summed E-state index contributed by atoms with van der Waals surface area (Å²) < 4.78 is 0. The quantitative estimate of drug-likeness (QED) is 0.253. The Bertz CT molecular complexity index is 464. The molecular formula is C10H15N3O10. The summed E-state index contributed by atoms with van der Waals surface area (Å²) in [4.78, 5) is 58.7. The number of carboxylic acids is 3. The first-order valence-electron chi connectivity index (χ1n) is 6.05. The van der Waals surface area contributed by atoms with Crippen LogP contribution in [-0.4, -0.2) is 93.4 Å². The molecule has 0 heterocycles. The minimum absolute atomic E-state index is 0.183. The van der Waals surface area contributed by atoms with Gasteiger partial charge in [0.05, 0.1) is 26.2 Å². The van der Waals surface area contributed by atoms with Gasteiger partial charge in [-0.2, -0.15) is 0 Å². The van der Waals surface area contributed by atoms with Crippen LogP contribution in [0.1, 0.15) is 0 Å². The van der Waals surface area contributed by atoms with Crippen LogP contribution in [-0.2, 0) is 24.0 Å². The largest absolute Gasteiger partial charge is 0.480 e. The third kappa shape index (κ3) is 11.5. The summed E-state index contributed by atoms with van der Waals surface area (Å²) in [5.41, 5.74) is 0. The first-order chi connectivity index (χ1) is 10.6. The lowest BCUT2D eigenvalue weighted by Gasteiger charge is -2.23. The Balaban J connectivity index is 4.68. The number of carbonyl (C=O) groups excluding carboxylic acids is 1. The van der Waals surface area contributed by atoms with Gasteiger partial charge in [0.15, 0.2) is 0 Å². The normalized spacial score (nSPS) is 10.5. The number of hydrogen-bond acceptors (Lipinski definition) is 9. The molecule has 13 nitrogen and oxygen atoms in total. The van der Waals surface area contributed by atoms with E-state index in [1.165, 1.54) is 0 Å². The van der Waals surface area contributed by atoms with Gasteiger partial charge in [-0.25, -0.2) is 4.84 Å². The van der Waals surface area contributed by atoms with Crippen molar-refractivity contribution < 1.29 is 44.4 Å². The van der Waals surface area contributed by atoms with Crippen LogP contribution >= 0.6 is 0 Å². The fourth-order valence-corrected chi connectivity index (χ4v) is 1.58. The topological polar surface area (TPSA) is 188 Å². The molecule has 0 spiro atoms. The number of nitrogens with zero attached hydrogens (tertiary/aromatic N) is 3. The zero-order chi connectivity index (χ0) is 18.0. The van der Waals surface area contributed by atoms with Crippen LogP contribution in [0.4, 0.5) is 0 Å². The smallest absolute Gasteiger partial charge is 0.317 e. The SMILES string of the molecule is O=C(O)CN(CCN(CC(=O)O)CC(=O)O[N+](=O)[O-])CC(=O)O. The van der Waals surface area contributed by atoms with E-state index in [0.717, 1.165) is 9.80 Å². The summed E-state index contributed by atoms with van der Waals surface area (Å²) in [6.45, 7) is -2.99. The molecule has 13 heteroatoms. The Morgan fingerprint density at radius 2 is 1.17 bits per heavy atom. The molecule has 0 aromatic rings. The van der Waals surface area contributed by atoms with E-state index in [-0.39, 0.29) is 13.1 Å². The Morgan fingerprint density at radius 3 is 1.48 bits per heavy atom. The first kappa shape index (κ1) is 20.2. The summed E-state index contributed by atoms with van der Waals surface area (Å²) in [7, 11) is 0. The van der Waals surface area contributed by atoms with E-state index in [4.69, 9.17) is 15.3 Å². The van der Waals surface area contributed by atoms with Gasteiger partial charge >= 0.3 is 29.0 Å². The molecule has 0 aromatic heterocycles. The minimum Gasteiger partial charge on any atom is -0.480 e. The average molecular weight is 337 g/mol. The van der Waals surface area contributed by atoms with Crippen LogP contribution in [0.25, 0.3) is 0 Å². The highest BCUT2D eigenvalue weighted by Crippen LogP contribution is 1.95. The van der Waals surface area contributed by atoms with Crippen LogP contribution in [0.5, 0.6) is 0 Å². The Labute approximate surface area is 128 Å². The van der Waals surface area contributed by atoms with Crippen LogP contribution < -0.4 is 0 Å². The van der Waals surface area contributed by atoms with Crippen molar-refractivity contribution >= 4 is 23.9 Å². The van der Waals surface area contributed by atoms with Crippen molar-refractivity contribution in [1.82, 2.24) is 9.80 Å². The van der Waals surface area contributed by atoms with E-state index >= 15 is 0 Å². The highest BCUT2D eigenvalue weighted by Gasteiger charge is 2.19. The van der Waals surface area contributed by atoms with Crippen molar-refractivity contribution in [2.24, 2.45) is 0 Å². The lowest BCUT2D eigenvalue weighted by atomic mass is 10.4. The van der Waals surface area contributed by atoms with Gasteiger partial charge in [0.25, 0.3) is 0 Å². The van der Waals surface area contributed by atoms with Crippen LogP contribution in [0, 0.1) is 10.1 Å². The molecule has 0 bridgehead atoms. The maximum atomic E-state index is 11.1. The van der Waals surface area contributed by atoms with Gasteiger partial charge in [-0.3, -0.25) is 29.0 Å². The summed E-state index contributed by atoms with van der Waals surface area (Å²) in [5, 5.41) is 34.7. The molecule has 0 amide bonds. The van der Waals surface area contributed by atoms with Crippen LogP contribution in [0.3, 0.4) is 0 Å². The number of aliphatic carboxylic acids is 3. The molecule has 0 aliphatic heterocycles. The predicted molar refractivity (Wildman–Crippen MR) is 68.9 cm³/mol. The number of hydrogen-bond donors (Lipinski definition) is 3. The van der Waals surface area contributed by atoms with Gasteiger partial charge in [-0.05, 0) is 0 Å². The molecular weight excluding hydrogens is 322 g/mol. The van der Waals surface area contributed by atoms with Crippen molar-refractivity contribution in [2.45, 2.75) is 0 Å². The molecule has 0 saturated heterocycles. The van der Waals surface area contributed by atoms with Gasteiger partial charge in [-0.15, -0.1) is 10.1 Å².